The molecule has 0 aromatic carbocycles. The molecule has 3 N–H and O–H groups in total. The Morgan fingerprint density at radius 2 is 2.00 bits per heavy atom. The van der Waals surface area contributed by atoms with Crippen LogP contribution in [0.4, 0.5) is 0 Å². The Morgan fingerprint density at radius 1 is 1.27 bits per heavy atom. The van der Waals surface area contributed by atoms with Crippen molar-refractivity contribution in [3.63, 3.8) is 0 Å². The summed E-state index contributed by atoms with van der Waals surface area (Å²) in [6.45, 7) is 6.68. The van der Waals surface area contributed by atoms with E-state index in [4.69, 9.17) is 0 Å². The molecular weight excluding hydrogens is 328 g/mol. The van der Waals surface area contributed by atoms with Crippen LogP contribution in [0.2, 0.25) is 0 Å². The molecule has 0 heterocycles. The zero-order valence-electron chi connectivity index (χ0n) is 16.1. The van der Waals surface area contributed by atoms with Crippen LogP contribution in [-0.4, -0.2) is 39.9 Å². The highest BCUT2D eigenvalue weighted by molar-refractivity contribution is 6.01. The van der Waals surface area contributed by atoms with Gasteiger partial charge in [0.1, 0.15) is 0 Å². The van der Waals surface area contributed by atoms with Crippen LogP contribution >= 0.6 is 0 Å². The van der Waals surface area contributed by atoms with E-state index < -0.39 is 17.6 Å². The van der Waals surface area contributed by atoms with Crippen molar-refractivity contribution in [2.45, 2.75) is 58.7 Å². The van der Waals surface area contributed by atoms with E-state index in [0.717, 1.165) is 24.8 Å². The maximum Gasteiger partial charge on any atom is 0.178 e. The average Bonchev–Trinajstić information content (AvgIpc) is 2.92. The minimum atomic E-state index is -0.612. The number of hydrogen-bond donors (Lipinski definition) is 3. The first-order valence-corrected chi connectivity index (χ1v) is 10.1. The van der Waals surface area contributed by atoms with Crippen LogP contribution in [0.5, 0.6) is 0 Å². The van der Waals surface area contributed by atoms with E-state index in [-0.39, 0.29) is 35.6 Å². The number of ketones is 1. The third-order valence-electron chi connectivity index (χ3n) is 8.56. The van der Waals surface area contributed by atoms with Crippen LogP contribution in [0.1, 0.15) is 46.5 Å². The van der Waals surface area contributed by atoms with Crippen molar-refractivity contribution in [1.29, 1.82) is 0 Å². The Kier molecular flexibility index (Phi) is 4.26. The van der Waals surface area contributed by atoms with Gasteiger partial charge in [0.2, 0.25) is 0 Å². The molecule has 0 aromatic heterocycles. The lowest BCUT2D eigenvalue weighted by Crippen LogP contribution is -2.58. The van der Waals surface area contributed by atoms with Gasteiger partial charge in [-0.2, -0.15) is 0 Å². The molecule has 0 unspecified atom stereocenters. The number of allylic oxidation sites excluding steroid dienone is 3. The molecule has 0 aromatic rings. The highest BCUT2D eigenvalue weighted by Crippen LogP contribution is 2.66. The minimum Gasteiger partial charge on any atom is -0.396 e. The van der Waals surface area contributed by atoms with Gasteiger partial charge in [-0.25, -0.2) is 0 Å². The molecule has 9 atom stereocenters. The quantitative estimate of drug-likeness (QED) is 0.707. The molecule has 0 radical (unpaired) electrons. The van der Waals surface area contributed by atoms with E-state index in [0.29, 0.717) is 18.3 Å². The van der Waals surface area contributed by atoms with Crippen molar-refractivity contribution in [2.75, 3.05) is 6.61 Å². The lowest BCUT2D eigenvalue weighted by atomic mass is 9.46. The molecule has 4 heteroatoms. The average molecular weight is 360 g/mol. The third-order valence-corrected chi connectivity index (χ3v) is 8.56. The molecule has 26 heavy (non-hydrogen) atoms. The second kappa shape index (κ2) is 6.02. The summed E-state index contributed by atoms with van der Waals surface area (Å²) in [6, 6.07) is 0. The second-order valence-electron chi connectivity index (χ2n) is 9.79. The molecule has 4 aliphatic rings. The predicted octanol–water partition coefficient (Wildman–Crippen LogP) is 2.48. The summed E-state index contributed by atoms with van der Waals surface area (Å²) in [5.41, 5.74) is 0.346. The molecule has 3 saturated carbocycles. The molecule has 4 aliphatic carbocycles. The third kappa shape index (κ3) is 2.35. The van der Waals surface area contributed by atoms with Crippen LogP contribution in [0.25, 0.3) is 0 Å². The fourth-order valence-corrected chi connectivity index (χ4v) is 7.48. The maximum absolute atomic E-state index is 11.9. The number of hydrogen-bond acceptors (Lipinski definition) is 4. The molecule has 0 saturated heterocycles. The van der Waals surface area contributed by atoms with Crippen LogP contribution in [-0.2, 0) is 4.79 Å². The number of aliphatic hydroxyl groups is 3. The van der Waals surface area contributed by atoms with E-state index in [9.17, 15) is 20.1 Å². The lowest BCUT2D eigenvalue weighted by Gasteiger charge is -2.60. The number of fused-ring (bicyclic) bond motifs is 5. The van der Waals surface area contributed by atoms with E-state index in [1.54, 1.807) is 12.2 Å². The van der Waals surface area contributed by atoms with E-state index in [1.807, 2.05) is 6.08 Å². The summed E-state index contributed by atoms with van der Waals surface area (Å²) in [6.07, 6.45) is 7.62. The van der Waals surface area contributed by atoms with Gasteiger partial charge in [0.25, 0.3) is 0 Å². The van der Waals surface area contributed by atoms with Crippen LogP contribution in [0.3, 0.4) is 0 Å². The van der Waals surface area contributed by atoms with Gasteiger partial charge in [0.05, 0.1) is 12.2 Å². The fraction of sp³-hybridized carbons (Fsp3) is 0.773. The van der Waals surface area contributed by atoms with Gasteiger partial charge < -0.3 is 15.3 Å². The Hall–Kier alpha value is -0.970. The standard InChI is InChI=1S/C22H32O4/c1-12(11-23)15-4-5-16-14-9-18(25)17-8-13(24)6-7-21(17,2)20(14)19(26)10-22(15,16)3/h6-8,12,14-16,18-20,23,25-26H,4-5,9-11H2,1-3H3/t12-,14+,15-,16+,18-,19-,20-,21+,22-/m1/s1. The Bertz CT molecular complexity index is 667. The Labute approximate surface area is 156 Å². The summed E-state index contributed by atoms with van der Waals surface area (Å²) in [4.78, 5) is 11.9. The van der Waals surface area contributed by atoms with Crippen LogP contribution in [0, 0.1) is 40.4 Å². The molecular formula is C22H32O4. The number of aliphatic hydroxyl groups excluding tert-OH is 3. The molecule has 0 spiro atoms. The first-order valence-electron chi connectivity index (χ1n) is 10.1. The van der Waals surface area contributed by atoms with Gasteiger partial charge in [0, 0.05) is 17.9 Å². The van der Waals surface area contributed by atoms with Gasteiger partial charge in [0.15, 0.2) is 5.78 Å². The van der Waals surface area contributed by atoms with Crippen molar-refractivity contribution >= 4 is 5.78 Å². The monoisotopic (exact) mass is 360 g/mol. The van der Waals surface area contributed by atoms with Gasteiger partial charge in [-0.1, -0.05) is 26.8 Å². The fourth-order valence-electron chi connectivity index (χ4n) is 7.48. The number of carbonyl (C=O) groups excluding carboxylic acids is 1. The summed E-state index contributed by atoms with van der Waals surface area (Å²) < 4.78 is 0. The zero-order chi connectivity index (χ0) is 18.9. The number of carbonyl (C=O) groups is 1. The largest absolute Gasteiger partial charge is 0.396 e. The summed E-state index contributed by atoms with van der Waals surface area (Å²) >= 11 is 0. The van der Waals surface area contributed by atoms with Gasteiger partial charge in [-0.15, -0.1) is 0 Å². The van der Waals surface area contributed by atoms with Gasteiger partial charge in [-0.05, 0) is 72.5 Å². The zero-order valence-corrected chi connectivity index (χ0v) is 16.1. The molecule has 4 rings (SSSR count). The molecule has 4 nitrogen and oxygen atoms in total. The van der Waals surface area contributed by atoms with Crippen LogP contribution < -0.4 is 0 Å². The van der Waals surface area contributed by atoms with Crippen LogP contribution in [0.15, 0.2) is 23.8 Å². The molecule has 144 valence electrons. The van der Waals surface area contributed by atoms with E-state index in [1.165, 1.54) is 0 Å². The molecule has 0 amide bonds. The SMILES string of the molecule is C[C@H](CO)[C@H]1CC[C@H]2[C@@H]3C[C@@H](O)C4=CC(=O)C=C[C@]4(C)[C@H]3[C@H](O)C[C@]12C. The molecule has 3 fully saturated rings. The summed E-state index contributed by atoms with van der Waals surface area (Å²) in [5, 5.41) is 31.8. The van der Waals surface area contributed by atoms with E-state index >= 15 is 0 Å². The topological polar surface area (TPSA) is 77.8 Å². The highest BCUT2D eigenvalue weighted by atomic mass is 16.3. The molecule has 0 aliphatic heterocycles. The van der Waals surface area contributed by atoms with Crippen molar-refractivity contribution < 1.29 is 20.1 Å². The Balaban J connectivity index is 1.74. The van der Waals surface area contributed by atoms with Gasteiger partial charge >= 0.3 is 0 Å². The maximum atomic E-state index is 11.9. The molecule has 0 bridgehead atoms. The summed E-state index contributed by atoms with van der Waals surface area (Å²) in [5.74, 6) is 1.33. The number of rotatable bonds is 2. The van der Waals surface area contributed by atoms with Crippen molar-refractivity contribution in [3.8, 4) is 0 Å². The van der Waals surface area contributed by atoms with Crippen molar-refractivity contribution in [1.82, 2.24) is 0 Å². The second-order valence-corrected chi connectivity index (χ2v) is 9.79. The lowest BCUT2D eigenvalue weighted by molar-refractivity contribution is -0.136. The summed E-state index contributed by atoms with van der Waals surface area (Å²) in [7, 11) is 0. The first-order chi connectivity index (χ1) is 12.2. The normalized spacial score (nSPS) is 51.3. The van der Waals surface area contributed by atoms with Gasteiger partial charge in [-0.3, -0.25) is 4.79 Å². The van der Waals surface area contributed by atoms with Crippen molar-refractivity contribution in [3.05, 3.63) is 23.8 Å². The minimum absolute atomic E-state index is 0.00816. The highest BCUT2D eigenvalue weighted by Gasteiger charge is 2.63. The smallest absolute Gasteiger partial charge is 0.178 e. The first kappa shape index (κ1) is 18.4. The van der Waals surface area contributed by atoms with E-state index in [2.05, 4.69) is 20.8 Å². The Morgan fingerprint density at radius 3 is 2.69 bits per heavy atom. The van der Waals surface area contributed by atoms with Crippen molar-refractivity contribution in [2.24, 2.45) is 40.4 Å². The predicted molar refractivity (Wildman–Crippen MR) is 99.1 cm³/mol.